The van der Waals surface area contributed by atoms with Crippen LogP contribution in [0.15, 0.2) is 18.5 Å². The largest absolute Gasteiger partial charge is 0.380 e. The smallest absolute Gasteiger partial charge is 0.225 e. The Kier molecular flexibility index (Phi) is 4.73. The van der Waals surface area contributed by atoms with Crippen LogP contribution in [0.4, 0.5) is 5.95 Å². The summed E-state index contributed by atoms with van der Waals surface area (Å²) in [6, 6.07) is 1.86. The highest BCUT2D eigenvalue weighted by Crippen LogP contribution is 2.34. The third-order valence-corrected chi connectivity index (χ3v) is 5.24. The van der Waals surface area contributed by atoms with E-state index in [2.05, 4.69) is 19.8 Å². The van der Waals surface area contributed by atoms with Crippen LogP contribution in [0.25, 0.3) is 0 Å². The number of hydrogen-bond donors (Lipinski definition) is 0. The predicted octanol–water partition coefficient (Wildman–Crippen LogP) is 1.18. The minimum absolute atomic E-state index is 0.334. The lowest BCUT2D eigenvalue weighted by atomic mass is 9.92. The van der Waals surface area contributed by atoms with E-state index < -0.39 is 0 Å². The molecule has 0 spiro atoms. The lowest BCUT2D eigenvalue weighted by Crippen LogP contribution is -2.43. The Labute approximate surface area is 137 Å². The van der Waals surface area contributed by atoms with Crippen molar-refractivity contribution in [3.63, 3.8) is 0 Å². The molecule has 1 aromatic heterocycles. The summed E-state index contributed by atoms with van der Waals surface area (Å²) in [4.78, 5) is 13.5. The predicted molar refractivity (Wildman–Crippen MR) is 87.5 cm³/mol. The number of hydrogen-bond acceptors (Lipinski definition) is 6. The van der Waals surface area contributed by atoms with E-state index >= 15 is 0 Å². The maximum Gasteiger partial charge on any atom is 0.225 e. The fraction of sp³-hybridized carbons (Fsp3) is 0.765. The van der Waals surface area contributed by atoms with Gasteiger partial charge in [-0.1, -0.05) is 0 Å². The molecule has 6 nitrogen and oxygen atoms in total. The van der Waals surface area contributed by atoms with E-state index in [1.54, 1.807) is 0 Å². The van der Waals surface area contributed by atoms with Crippen LogP contribution in [0, 0.1) is 5.92 Å². The fourth-order valence-electron chi connectivity index (χ4n) is 4.05. The van der Waals surface area contributed by atoms with Crippen molar-refractivity contribution >= 4 is 5.95 Å². The first-order valence-corrected chi connectivity index (χ1v) is 8.86. The summed E-state index contributed by atoms with van der Waals surface area (Å²) >= 11 is 0. The molecule has 3 saturated heterocycles. The van der Waals surface area contributed by atoms with Gasteiger partial charge in [-0.3, -0.25) is 4.90 Å². The Bertz CT molecular complexity index is 493. The van der Waals surface area contributed by atoms with Gasteiger partial charge >= 0.3 is 0 Å². The molecule has 6 heteroatoms. The van der Waals surface area contributed by atoms with E-state index in [-0.39, 0.29) is 0 Å². The van der Waals surface area contributed by atoms with Crippen LogP contribution in [0.1, 0.15) is 19.3 Å². The lowest BCUT2D eigenvalue weighted by Gasteiger charge is -2.34. The number of aromatic nitrogens is 2. The number of rotatable bonds is 3. The summed E-state index contributed by atoms with van der Waals surface area (Å²) in [5, 5.41) is 0. The van der Waals surface area contributed by atoms with Crippen LogP contribution in [0.5, 0.6) is 0 Å². The quantitative estimate of drug-likeness (QED) is 0.834. The van der Waals surface area contributed by atoms with Gasteiger partial charge in [0.1, 0.15) is 0 Å². The zero-order valence-corrected chi connectivity index (χ0v) is 13.6. The molecule has 4 heterocycles. The third kappa shape index (κ3) is 3.65. The van der Waals surface area contributed by atoms with Gasteiger partial charge in [0.2, 0.25) is 5.95 Å². The maximum atomic E-state index is 6.38. The Morgan fingerprint density at radius 1 is 1.13 bits per heavy atom. The maximum absolute atomic E-state index is 6.38. The van der Waals surface area contributed by atoms with Crippen molar-refractivity contribution in [2.45, 2.75) is 31.5 Å². The molecule has 3 aliphatic rings. The molecule has 0 saturated carbocycles. The molecule has 1 unspecified atom stereocenters. The van der Waals surface area contributed by atoms with E-state index in [1.807, 2.05) is 18.5 Å². The van der Waals surface area contributed by atoms with Gasteiger partial charge in [0.15, 0.2) is 0 Å². The molecule has 4 rings (SSSR count). The van der Waals surface area contributed by atoms with Gasteiger partial charge in [0.25, 0.3) is 0 Å². The summed E-state index contributed by atoms with van der Waals surface area (Å²) in [7, 11) is 0. The van der Waals surface area contributed by atoms with Crippen LogP contribution in [-0.2, 0) is 9.47 Å². The molecule has 0 radical (unpaired) electrons. The Hall–Kier alpha value is -1.24. The second-order valence-electron chi connectivity index (χ2n) is 6.84. The molecular weight excluding hydrogens is 292 g/mol. The summed E-state index contributed by atoms with van der Waals surface area (Å²) in [5.74, 6) is 1.53. The minimum atomic E-state index is 0.334. The van der Waals surface area contributed by atoms with Crippen LogP contribution in [0.2, 0.25) is 0 Å². The van der Waals surface area contributed by atoms with Gasteiger partial charge in [-0.2, -0.15) is 0 Å². The van der Waals surface area contributed by atoms with Gasteiger partial charge in [0.05, 0.1) is 18.8 Å². The van der Waals surface area contributed by atoms with Crippen LogP contribution in [0.3, 0.4) is 0 Å². The van der Waals surface area contributed by atoms with Crippen molar-refractivity contribution in [1.82, 2.24) is 14.9 Å². The van der Waals surface area contributed by atoms with Crippen molar-refractivity contribution in [1.29, 1.82) is 0 Å². The van der Waals surface area contributed by atoms with Gasteiger partial charge in [0, 0.05) is 51.7 Å². The van der Waals surface area contributed by atoms with Crippen LogP contribution < -0.4 is 4.90 Å². The van der Waals surface area contributed by atoms with E-state index in [0.29, 0.717) is 18.1 Å². The molecule has 0 N–H and O–H groups in total. The molecule has 0 aliphatic carbocycles. The number of ether oxygens (including phenoxy) is 2. The standard InChI is InChI=1S/C17H26N4O2/c1-4-18-17(19-5-1)21-7-3-14-11-15(23-16(14)13-21)12-20-6-2-9-22-10-8-20/h1,4-5,14-16H,2-3,6-13H2/t14-,15?,16-/m0/s1. The highest BCUT2D eigenvalue weighted by atomic mass is 16.5. The Morgan fingerprint density at radius 3 is 2.96 bits per heavy atom. The fourth-order valence-corrected chi connectivity index (χ4v) is 4.05. The first-order valence-electron chi connectivity index (χ1n) is 8.86. The Morgan fingerprint density at radius 2 is 2.04 bits per heavy atom. The molecule has 0 bridgehead atoms. The molecule has 3 fully saturated rings. The third-order valence-electron chi connectivity index (χ3n) is 5.24. The topological polar surface area (TPSA) is 50.7 Å². The van der Waals surface area contributed by atoms with E-state index in [9.17, 15) is 0 Å². The normalized spacial score (nSPS) is 32.5. The second-order valence-corrected chi connectivity index (χ2v) is 6.84. The molecule has 23 heavy (non-hydrogen) atoms. The first-order chi connectivity index (χ1) is 11.4. The molecular formula is C17H26N4O2. The van der Waals surface area contributed by atoms with Crippen LogP contribution in [-0.4, -0.2) is 73.0 Å². The van der Waals surface area contributed by atoms with E-state index in [0.717, 1.165) is 58.3 Å². The second kappa shape index (κ2) is 7.11. The highest BCUT2D eigenvalue weighted by molar-refractivity contribution is 5.30. The first kappa shape index (κ1) is 15.3. The lowest BCUT2D eigenvalue weighted by molar-refractivity contribution is 0.0137. The van der Waals surface area contributed by atoms with Gasteiger partial charge in [-0.15, -0.1) is 0 Å². The van der Waals surface area contributed by atoms with Crippen LogP contribution >= 0.6 is 0 Å². The summed E-state index contributed by atoms with van der Waals surface area (Å²) in [5.41, 5.74) is 0. The average molecular weight is 318 g/mol. The molecule has 3 atom stereocenters. The molecule has 0 amide bonds. The monoisotopic (exact) mass is 318 g/mol. The van der Waals surface area contributed by atoms with Crippen molar-refractivity contribution in [3.8, 4) is 0 Å². The summed E-state index contributed by atoms with van der Waals surface area (Å²) in [6.07, 6.45) is 7.86. The number of nitrogens with zero attached hydrogens (tertiary/aromatic N) is 4. The summed E-state index contributed by atoms with van der Waals surface area (Å²) in [6.45, 7) is 6.96. The van der Waals surface area contributed by atoms with Gasteiger partial charge in [-0.05, 0) is 31.2 Å². The van der Waals surface area contributed by atoms with E-state index in [1.165, 1.54) is 12.8 Å². The number of piperidine rings is 1. The molecule has 1 aromatic rings. The van der Waals surface area contributed by atoms with Crippen molar-refractivity contribution in [3.05, 3.63) is 18.5 Å². The highest BCUT2D eigenvalue weighted by Gasteiger charge is 2.40. The van der Waals surface area contributed by atoms with Crippen molar-refractivity contribution in [2.75, 3.05) is 50.8 Å². The minimum Gasteiger partial charge on any atom is -0.380 e. The van der Waals surface area contributed by atoms with Gasteiger partial charge in [-0.25, -0.2) is 9.97 Å². The zero-order chi connectivity index (χ0) is 15.5. The molecule has 126 valence electrons. The SMILES string of the molecule is c1cnc(N2CC[C@H]3CC(CN4CCCOCC4)O[C@H]3C2)nc1. The zero-order valence-electron chi connectivity index (χ0n) is 13.6. The average Bonchev–Trinajstić information content (AvgIpc) is 2.81. The Balaban J connectivity index is 1.32. The van der Waals surface area contributed by atoms with Crippen molar-refractivity contribution < 1.29 is 9.47 Å². The molecule has 3 aliphatic heterocycles. The van der Waals surface area contributed by atoms with Gasteiger partial charge < -0.3 is 14.4 Å². The molecule has 0 aromatic carbocycles. The van der Waals surface area contributed by atoms with E-state index in [4.69, 9.17) is 9.47 Å². The summed E-state index contributed by atoms with van der Waals surface area (Å²) < 4.78 is 11.9. The number of fused-ring (bicyclic) bond motifs is 1. The van der Waals surface area contributed by atoms with Crippen molar-refractivity contribution in [2.24, 2.45) is 5.92 Å². The number of anilines is 1.